The van der Waals surface area contributed by atoms with Gasteiger partial charge in [-0.25, -0.2) is 4.90 Å². The highest BCUT2D eigenvalue weighted by atomic mass is 79.9. The molecule has 0 aliphatic carbocycles. The molecule has 0 spiro atoms. The fourth-order valence-electron chi connectivity index (χ4n) is 4.05. The molecule has 1 unspecified atom stereocenters. The monoisotopic (exact) mass is 494 g/mol. The van der Waals surface area contributed by atoms with Gasteiger partial charge < -0.3 is 26.8 Å². The van der Waals surface area contributed by atoms with Crippen molar-refractivity contribution >= 4 is 21.8 Å². The number of benzene rings is 2. The van der Waals surface area contributed by atoms with Crippen molar-refractivity contribution in [2.24, 2.45) is 0 Å². The number of rotatable bonds is 4. The van der Waals surface area contributed by atoms with E-state index in [9.17, 15) is 5.11 Å². The number of fused-ring (bicyclic) bond motifs is 1. The number of hydrogen-bond acceptors (Lipinski definition) is 3. The summed E-state index contributed by atoms with van der Waals surface area (Å²) in [5, 5.41) is 11.6. The summed E-state index contributed by atoms with van der Waals surface area (Å²) in [6.45, 7) is 2.30. The minimum Gasteiger partial charge on any atom is -1.00 e. The summed E-state index contributed by atoms with van der Waals surface area (Å²) < 4.78 is 8.69. The molecule has 1 saturated heterocycles. The third-order valence-electron chi connectivity index (χ3n) is 5.41. The van der Waals surface area contributed by atoms with Crippen LogP contribution in [0.1, 0.15) is 30.4 Å². The number of ether oxygens (including phenoxy) is 1. The lowest BCUT2D eigenvalue weighted by Crippen LogP contribution is -3.00. The SMILES string of the molecule is COc1ccc(C2(O)C[N+](Cc3ccc(Br)cc3)=C3CCCCN32)cc1.[Br-]. The standard InChI is InChI=1S/C21H24BrN2O2.BrH/c1-26-19-11-7-17(8-12-19)21(25)15-23(20-4-2-3-13-24(20)21)14-16-5-9-18(22)10-6-16;/h5-12,25H,2-4,13-15H2,1H3;1H/q+1;/p-1. The van der Waals surface area contributed by atoms with E-state index < -0.39 is 5.72 Å². The van der Waals surface area contributed by atoms with Crippen molar-refractivity contribution in [3.8, 4) is 5.75 Å². The summed E-state index contributed by atoms with van der Waals surface area (Å²) in [5.74, 6) is 2.07. The molecule has 0 bridgehead atoms. The molecular formula is C21H24Br2N2O2. The van der Waals surface area contributed by atoms with Gasteiger partial charge in [-0.3, -0.25) is 4.58 Å². The van der Waals surface area contributed by atoms with E-state index in [1.165, 1.54) is 17.8 Å². The molecule has 4 rings (SSSR count). The highest BCUT2D eigenvalue weighted by molar-refractivity contribution is 9.10. The van der Waals surface area contributed by atoms with E-state index >= 15 is 0 Å². The highest BCUT2D eigenvalue weighted by Crippen LogP contribution is 2.36. The van der Waals surface area contributed by atoms with Gasteiger partial charge in [0.1, 0.15) is 12.3 Å². The second-order valence-electron chi connectivity index (χ2n) is 7.05. The van der Waals surface area contributed by atoms with Crippen LogP contribution in [0.15, 0.2) is 53.0 Å². The Hall–Kier alpha value is -1.37. The first-order valence-corrected chi connectivity index (χ1v) is 9.89. The maximum Gasteiger partial charge on any atom is 0.270 e. The van der Waals surface area contributed by atoms with E-state index in [0.717, 1.165) is 41.7 Å². The Kier molecular flexibility index (Phi) is 6.28. The van der Waals surface area contributed by atoms with Crippen molar-refractivity contribution < 1.29 is 31.4 Å². The minimum absolute atomic E-state index is 0. The van der Waals surface area contributed by atoms with Crippen molar-refractivity contribution in [3.63, 3.8) is 0 Å². The topological polar surface area (TPSA) is 35.7 Å². The van der Waals surface area contributed by atoms with Crippen LogP contribution in [-0.2, 0) is 12.3 Å². The van der Waals surface area contributed by atoms with Crippen molar-refractivity contribution in [2.75, 3.05) is 20.2 Å². The molecule has 1 fully saturated rings. The van der Waals surface area contributed by atoms with Crippen LogP contribution in [0.2, 0.25) is 0 Å². The zero-order valence-corrected chi connectivity index (χ0v) is 18.5. The number of halogens is 2. The van der Waals surface area contributed by atoms with Gasteiger partial charge >= 0.3 is 0 Å². The van der Waals surface area contributed by atoms with Crippen LogP contribution in [0, 0.1) is 0 Å². The quantitative estimate of drug-likeness (QED) is 0.635. The van der Waals surface area contributed by atoms with Gasteiger partial charge in [-0.1, -0.05) is 28.1 Å². The number of hydrogen-bond donors (Lipinski definition) is 1. The Morgan fingerprint density at radius 1 is 1.11 bits per heavy atom. The maximum absolute atomic E-state index is 11.6. The summed E-state index contributed by atoms with van der Waals surface area (Å²) in [4.78, 5) is 2.21. The number of amidine groups is 1. The molecule has 2 aliphatic heterocycles. The lowest BCUT2D eigenvalue weighted by molar-refractivity contribution is -0.550. The molecule has 0 radical (unpaired) electrons. The van der Waals surface area contributed by atoms with Gasteiger partial charge in [-0.15, -0.1) is 0 Å². The summed E-state index contributed by atoms with van der Waals surface area (Å²) in [5.41, 5.74) is 1.21. The number of methoxy groups -OCH3 is 1. The first kappa shape index (κ1) is 20.4. The molecule has 0 saturated carbocycles. The van der Waals surface area contributed by atoms with E-state index in [2.05, 4.69) is 49.7 Å². The van der Waals surface area contributed by atoms with Crippen LogP contribution in [0.3, 0.4) is 0 Å². The van der Waals surface area contributed by atoms with Crippen LogP contribution >= 0.6 is 15.9 Å². The molecule has 144 valence electrons. The fourth-order valence-corrected chi connectivity index (χ4v) is 4.31. The molecule has 2 heterocycles. The van der Waals surface area contributed by atoms with Crippen molar-refractivity contribution in [2.45, 2.75) is 31.5 Å². The van der Waals surface area contributed by atoms with Gasteiger partial charge in [0.15, 0.2) is 6.54 Å². The molecule has 6 heteroatoms. The summed E-state index contributed by atoms with van der Waals surface area (Å²) in [6, 6.07) is 16.2. The molecule has 0 aromatic heterocycles. The molecule has 27 heavy (non-hydrogen) atoms. The van der Waals surface area contributed by atoms with Crippen LogP contribution in [0.5, 0.6) is 5.75 Å². The van der Waals surface area contributed by atoms with Gasteiger partial charge in [-0.05, 0) is 54.8 Å². The predicted octanol–water partition coefficient (Wildman–Crippen LogP) is 0.717. The largest absolute Gasteiger partial charge is 1.00 e. The van der Waals surface area contributed by atoms with Crippen molar-refractivity contribution in [1.82, 2.24) is 4.90 Å². The first-order valence-electron chi connectivity index (χ1n) is 9.10. The van der Waals surface area contributed by atoms with Crippen LogP contribution in [0.4, 0.5) is 0 Å². The molecule has 2 aromatic carbocycles. The second kappa shape index (κ2) is 8.33. The Morgan fingerprint density at radius 3 is 2.48 bits per heavy atom. The smallest absolute Gasteiger partial charge is 0.270 e. The Labute approximate surface area is 179 Å². The number of piperidine rings is 1. The molecule has 1 atom stereocenters. The van der Waals surface area contributed by atoms with E-state index in [4.69, 9.17) is 4.74 Å². The molecular weight excluding hydrogens is 472 g/mol. The van der Waals surface area contributed by atoms with Crippen LogP contribution in [-0.4, -0.2) is 40.6 Å². The predicted molar refractivity (Wildman–Crippen MR) is 105 cm³/mol. The number of aliphatic hydroxyl groups is 1. The summed E-state index contributed by atoms with van der Waals surface area (Å²) >= 11 is 3.50. The normalized spacial score (nSPS) is 21.7. The Bertz CT molecular complexity index is 821. The Balaban J connectivity index is 0.00000210. The number of β-amino-alcohol motifs (C(OH)–C–C–N with tert-alkyl or cyclic N) is 1. The first-order chi connectivity index (χ1) is 12.6. The van der Waals surface area contributed by atoms with Crippen LogP contribution < -0.4 is 21.7 Å². The van der Waals surface area contributed by atoms with Crippen molar-refractivity contribution in [3.05, 3.63) is 64.1 Å². The van der Waals surface area contributed by atoms with E-state index in [1.54, 1.807) is 7.11 Å². The zero-order chi connectivity index (χ0) is 18.1. The average Bonchev–Trinajstić information content (AvgIpc) is 2.97. The lowest BCUT2D eigenvalue weighted by Gasteiger charge is -2.31. The highest BCUT2D eigenvalue weighted by Gasteiger charge is 2.53. The molecule has 2 aromatic rings. The van der Waals surface area contributed by atoms with E-state index in [1.807, 2.05) is 24.3 Å². The Morgan fingerprint density at radius 2 is 1.81 bits per heavy atom. The van der Waals surface area contributed by atoms with E-state index in [-0.39, 0.29) is 17.0 Å². The molecule has 1 N–H and O–H groups in total. The lowest BCUT2D eigenvalue weighted by atomic mass is 9.99. The van der Waals surface area contributed by atoms with Gasteiger partial charge in [-0.2, -0.15) is 0 Å². The zero-order valence-electron chi connectivity index (χ0n) is 15.4. The van der Waals surface area contributed by atoms with Gasteiger partial charge in [0, 0.05) is 16.5 Å². The summed E-state index contributed by atoms with van der Waals surface area (Å²) in [7, 11) is 1.66. The average molecular weight is 496 g/mol. The molecule has 0 amide bonds. The van der Waals surface area contributed by atoms with Crippen molar-refractivity contribution in [1.29, 1.82) is 0 Å². The third kappa shape index (κ3) is 3.93. The van der Waals surface area contributed by atoms with Gasteiger partial charge in [0.05, 0.1) is 13.7 Å². The number of nitrogens with zero attached hydrogens (tertiary/aromatic N) is 2. The van der Waals surface area contributed by atoms with Gasteiger partial charge in [0.25, 0.3) is 5.72 Å². The summed E-state index contributed by atoms with van der Waals surface area (Å²) in [6.07, 6.45) is 3.32. The maximum atomic E-state index is 11.6. The second-order valence-corrected chi connectivity index (χ2v) is 7.97. The minimum atomic E-state index is -0.975. The molecule has 2 aliphatic rings. The molecule has 4 nitrogen and oxygen atoms in total. The van der Waals surface area contributed by atoms with E-state index in [0.29, 0.717) is 6.54 Å². The fraction of sp³-hybridized carbons (Fsp3) is 0.381. The van der Waals surface area contributed by atoms with Gasteiger partial charge in [0.2, 0.25) is 5.84 Å². The third-order valence-corrected chi connectivity index (χ3v) is 5.93. The van der Waals surface area contributed by atoms with Crippen LogP contribution in [0.25, 0.3) is 0 Å².